The molecule has 6 nitrogen and oxygen atoms in total. The number of esters is 1. The summed E-state index contributed by atoms with van der Waals surface area (Å²) in [6.45, 7) is 9.06. The van der Waals surface area contributed by atoms with E-state index in [2.05, 4.69) is 18.7 Å². The molecule has 0 saturated carbocycles. The Balaban J connectivity index is 3.81. The van der Waals surface area contributed by atoms with Crippen molar-refractivity contribution < 1.29 is 19.7 Å². The van der Waals surface area contributed by atoms with Gasteiger partial charge >= 0.3 is 5.97 Å². The van der Waals surface area contributed by atoms with Crippen LogP contribution < -0.4 is 0 Å². The molecule has 0 radical (unpaired) electrons. The van der Waals surface area contributed by atoms with E-state index < -0.39 is 0 Å². The van der Waals surface area contributed by atoms with E-state index >= 15 is 0 Å². The van der Waals surface area contributed by atoms with Crippen molar-refractivity contribution >= 4 is 5.97 Å². The molecule has 0 fully saturated rings. The molecule has 0 amide bonds. The van der Waals surface area contributed by atoms with Gasteiger partial charge in [0.05, 0.1) is 19.6 Å². The number of ether oxygens (including phenoxy) is 1. The van der Waals surface area contributed by atoms with Crippen LogP contribution in [0.3, 0.4) is 0 Å². The third-order valence-electron chi connectivity index (χ3n) is 3.21. The van der Waals surface area contributed by atoms with E-state index in [-0.39, 0.29) is 19.2 Å². The lowest BCUT2D eigenvalue weighted by Gasteiger charge is -2.21. The smallest absolute Gasteiger partial charge is 0.307 e. The second kappa shape index (κ2) is 14.3. The first-order valence-electron chi connectivity index (χ1n) is 7.99. The molecule has 0 atom stereocenters. The molecule has 0 aromatic carbocycles. The second-order valence-corrected chi connectivity index (χ2v) is 5.10. The van der Waals surface area contributed by atoms with Gasteiger partial charge in [0.1, 0.15) is 6.61 Å². The van der Waals surface area contributed by atoms with Gasteiger partial charge in [0.2, 0.25) is 0 Å². The molecule has 126 valence electrons. The number of aliphatic hydroxyl groups is 2. The molecule has 0 aliphatic rings. The second-order valence-electron chi connectivity index (χ2n) is 5.10. The van der Waals surface area contributed by atoms with Gasteiger partial charge in [0.15, 0.2) is 0 Å². The van der Waals surface area contributed by atoms with Crippen molar-refractivity contribution in [3.63, 3.8) is 0 Å². The van der Waals surface area contributed by atoms with Gasteiger partial charge in [0, 0.05) is 26.2 Å². The molecule has 0 bridgehead atoms. The largest absolute Gasteiger partial charge is 0.464 e. The first kappa shape index (κ1) is 20.3. The van der Waals surface area contributed by atoms with E-state index in [1.54, 1.807) is 0 Å². The zero-order valence-electron chi connectivity index (χ0n) is 13.6. The highest BCUT2D eigenvalue weighted by atomic mass is 16.5. The normalized spacial score (nSPS) is 11.3. The van der Waals surface area contributed by atoms with E-state index in [1.165, 1.54) is 0 Å². The molecular weight excluding hydrogens is 272 g/mol. The summed E-state index contributed by atoms with van der Waals surface area (Å²) in [5.74, 6) is -0.219. The fourth-order valence-electron chi connectivity index (χ4n) is 2.20. The van der Waals surface area contributed by atoms with Crippen molar-refractivity contribution in [1.82, 2.24) is 9.80 Å². The fraction of sp³-hybridized carbons (Fsp3) is 0.933. The van der Waals surface area contributed by atoms with Crippen molar-refractivity contribution in [2.75, 3.05) is 59.1 Å². The lowest BCUT2D eigenvalue weighted by molar-refractivity contribution is -0.144. The Labute approximate surface area is 128 Å². The van der Waals surface area contributed by atoms with Crippen LogP contribution in [0.25, 0.3) is 0 Å². The molecule has 6 heteroatoms. The Hall–Kier alpha value is -0.690. The Morgan fingerprint density at radius 2 is 1.38 bits per heavy atom. The zero-order chi connectivity index (χ0) is 15.9. The van der Waals surface area contributed by atoms with Gasteiger partial charge in [0.25, 0.3) is 0 Å². The minimum Gasteiger partial charge on any atom is -0.464 e. The molecule has 0 aliphatic heterocycles. The summed E-state index contributed by atoms with van der Waals surface area (Å²) in [5.41, 5.74) is 0. The molecule has 0 aromatic heterocycles. The predicted molar refractivity (Wildman–Crippen MR) is 83.2 cm³/mol. The lowest BCUT2D eigenvalue weighted by Crippen LogP contribution is -2.33. The summed E-state index contributed by atoms with van der Waals surface area (Å²) in [7, 11) is 0. The molecule has 0 saturated heterocycles. The van der Waals surface area contributed by atoms with Crippen molar-refractivity contribution in [3.8, 4) is 0 Å². The summed E-state index contributed by atoms with van der Waals surface area (Å²) in [6.07, 6.45) is 2.50. The van der Waals surface area contributed by atoms with Gasteiger partial charge in [-0.2, -0.15) is 0 Å². The maximum Gasteiger partial charge on any atom is 0.307 e. The molecule has 0 spiro atoms. The Morgan fingerprint density at radius 3 is 1.86 bits per heavy atom. The molecule has 0 aromatic rings. The Morgan fingerprint density at radius 1 is 0.857 bits per heavy atom. The fourth-order valence-corrected chi connectivity index (χ4v) is 2.20. The molecule has 0 heterocycles. The summed E-state index contributed by atoms with van der Waals surface area (Å²) in [5, 5.41) is 17.8. The highest BCUT2D eigenvalue weighted by Crippen LogP contribution is 1.97. The number of nitrogens with zero attached hydrogens (tertiary/aromatic N) is 2. The van der Waals surface area contributed by atoms with Gasteiger partial charge in [-0.25, -0.2) is 0 Å². The van der Waals surface area contributed by atoms with Crippen LogP contribution in [-0.4, -0.2) is 85.1 Å². The minimum atomic E-state index is -0.219. The monoisotopic (exact) mass is 304 g/mol. The molecule has 0 unspecified atom stereocenters. The van der Waals surface area contributed by atoms with E-state index in [1.807, 2.05) is 4.90 Å². The number of rotatable bonds is 14. The van der Waals surface area contributed by atoms with Crippen LogP contribution in [0.2, 0.25) is 0 Å². The quantitative estimate of drug-likeness (QED) is 0.451. The van der Waals surface area contributed by atoms with Crippen LogP contribution in [-0.2, 0) is 9.53 Å². The van der Waals surface area contributed by atoms with E-state index in [4.69, 9.17) is 14.9 Å². The molecule has 2 N–H and O–H groups in total. The van der Waals surface area contributed by atoms with Crippen molar-refractivity contribution in [2.45, 2.75) is 33.1 Å². The average Bonchev–Trinajstić information content (AvgIpc) is 2.46. The lowest BCUT2D eigenvalue weighted by atomic mass is 10.3. The average molecular weight is 304 g/mol. The topological polar surface area (TPSA) is 73.2 Å². The van der Waals surface area contributed by atoms with Crippen LogP contribution in [0.4, 0.5) is 0 Å². The summed E-state index contributed by atoms with van der Waals surface area (Å²) < 4.78 is 5.24. The van der Waals surface area contributed by atoms with Crippen molar-refractivity contribution in [2.24, 2.45) is 0 Å². The van der Waals surface area contributed by atoms with Crippen LogP contribution >= 0.6 is 0 Å². The maximum absolute atomic E-state index is 11.7. The first-order valence-corrected chi connectivity index (χ1v) is 7.99. The van der Waals surface area contributed by atoms with Gasteiger partial charge in [-0.05, 0) is 25.9 Å². The summed E-state index contributed by atoms with van der Waals surface area (Å²) in [6, 6.07) is 0. The highest BCUT2D eigenvalue weighted by molar-refractivity contribution is 5.69. The summed E-state index contributed by atoms with van der Waals surface area (Å²) in [4.78, 5) is 15.8. The standard InChI is InChI=1S/C15H32N2O4/c1-3-6-16(7-4-2)11-14-21-15(20)5-8-17(9-12-18)10-13-19/h18-19H,3-14H2,1-2H3. The number of carbonyl (C=O) groups excluding carboxylic acids is 1. The highest BCUT2D eigenvalue weighted by Gasteiger charge is 2.09. The van der Waals surface area contributed by atoms with E-state index in [0.717, 1.165) is 32.5 Å². The maximum atomic E-state index is 11.7. The predicted octanol–water partition coefficient (Wildman–Crippen LogP) is 0.328. The third kappa shape index (κ3) is 11.6. The van der Waals surface area contributed by atoms with Gasteiger partial charge in [-0.3, -0.25) is 14.6 Å². The van der Waals surface area contributed by atoms with Crippen LogP contribution in [0, 0.1) is 0 Å². The number of aliphatic hydroxyl groups excluding tert-OH is 2. The van der Waals surface area contributed by atoms with Crippen LogP contribution in [0.1, 0.15) is 33.1 Å². The van der Waals surface area contributed by atoms with Gasteiger partial charge in [-0.15, -0.1) is 0 Å². The summed E-state index contributed by atoms with van der Waals surface area (Å²) >= 11 is 0. The third-order valence-corrected chi connectivity index (χ3v) is 3.21. The SMILES string of the molecule is CCCN(CCC)CCOC(=O)CCN(CCO)CCO. The number of hydrogen-bond acceptors (Lipinski definition) is 6. The Kier molecular flexibility index (Phi) is 13.8. The number of carbonyl (C=O) groups is 1. The Bertz CT molecular complexity index is 240. The minimum absolute atomic E-state index is 0.0258. The molecule has 21 heavy (non-hydrogen) atoms. The van der Waals surface area contributed by atoms with Gasteiger partial charge < -0.3 is 14.9 Å². The van der Waals surface area contributed by atoms with Crippen LogP contribution in [0.5, 0.6) is 0 Å². The molecule has 0 rings (SSSR count). The number of hydrogen-bond donors (Lipinski definition) is 2. The van der Waals surface area contributed by atoms with Crippen LogP contribution in [0.15, 0.2) is 0 Å². The van der Waals surface area contributed by atoms with E-state index in [9.17, 15) is 4.79 Å². The van der Waals surface area contributed by atoms with E-state index in [0.29, 0.717) is 32.7 Å². The first-order chi connectivity index (χ1) is 10.2. The van der Waals surface area contributed by atoms with Crippen molar-refractivity contribution in [1.29, 1.82) is 0 Å². The van der Waals surface area contributed by atoms with Gasteiger partial charge in [-0.1, -0.05) is 13.8 Å². The molecular formula is C15H32N2O4. The molecule has 0 aliphatic carbocycles. The van der Waals surface area contributed by atoms with Crippen molar-refractivity contribution in [3.05, 3.63) is 0 Å². The zero-order valence-corrected chi connectivity index (χ0v) is 13.6.